The number of aliphatic hydroxyl groups excluding tert-OH is 1. The van der Waals surface area contributed by atoms with E-state index >= 15 is 0 Å². The zero-order valence-electron chi connectivity index (χ0n) is 34.5. The third-order valence-electron chi connectivity index (χ3n) is 12.4. The molecule has 62 heavy (non-hydrogen) atoms. The monoisotopic (exact) mass is 829 g/mol. The molecule has 316 valence electrons. The lowest BCUT2D eigenvalue weighted by molar-refractivity contribution is -0.138. The molecular formula is C50H51N7O5. The van der Waals surface area contributed by atoms with Gasteiger partial charge < -0.3 is 30.9 Å². The number of benzene rings is 4. The first kappa shape index (κ1) is 40.8. The van der Waals surface area contributed by atoms with Crippen LogP contribution >= 0.6 is 0 Å². The van der Waals surface area contributed by atoms with Crippen LogP contribution in [0.25, 0.3) is 11.3 Å². The number of hydrogen-bond acceptors (Lipinski definition) is 7. The van der Waals surface area contributed by atoms with Gasteiger partial charge in [-0.05, 0) is 104 Å². The Morgan fingerprint density at radius 2 is 1.27 bits per heavy atom. The van der Waals surface area contributed by atoms with E-state index in [1.807, 2.05) is 114 Å². The van der Waals surface area contributed by atoms with Crippen LogP contribution in [0, 0.1) is 23.7 Å². The lowest BCUT2D eigenvalue weighted by Gasteiger charge is -2.34. The number of aromatic nitrogens is 2. The summed E-state index contributed by atoms with van der Waals surface area (Å²) in [6.07, 6.45) is 7.16. The highest BCUT2D eigenvalue weighted by Gasteiger charge is 2.41. The van der Waals surface area contributed by atoms with Crippen LogP contribution in [0.2, 0.25) is 0 Å². The zero-order valence-corrected chi connectivity index (χ0v) is 34.5. The van der Waals surface area contributed by atoms with Gasteiger partial charge in [-0.1, -0.05) is 84.6 Å². The van der Waals surface area contributed by atoms with Gasteiger partial charge in [-0.3, -0.25) is 24.1 Å². The van der Waals surface area contributed by atoms with Crippen LogP contribution in [0.4, 0.5) is 5.69 Å². The molecule has 4 aliphatic rings. The minimum Gasteiger partial charge on any atom is -0.376 e. The summed E-state index contributed by atoms with van der Waals surface area (Å²) < 4.78 is 0. The van der Waals surface area contributed by atoms with E-state index in [0.29, 0.717) is 25.2 Å². The minimum atomic E-state index is -1.06. The molecule has 5 aromatic rings. The van der Waals surface area contributed by atoms with Crippen molar-refractivity contribution in [3.8, 4) is 23.1 Å². The molecule has 5 unspecified atom stereocenters. The first-order valence-corrected chi connectivity index (χ1v) is 21.8. The molecule has 2 aliphatic heterocycles. The van der Waals surface area contributed by atoms with Crippen LogP contribution in [0.15, 0.2) is 115 Å². The van der Waals surface area contributed by atoms with Crippen molar-refractivity contribution in [2.75, 3.05) is 18.4 Å². The number of rotatable bonds is 13. The summed E-state index contributed by atoms with van der Waals surface area (Å²) in [4.78, 5) is 65.0. The van der Waals surface area contributed by atoms with E-state index < -0.39 is 24.4 Å². The van der Waals surface area contributed by atoms with Gasteiger partial charge in [-0.25, -0.2) is 4.98 Å². The maximum atomic E-state index is 14.0. The van der Waals surface area contributed by atoms with Crippen molar-refractivity contribution in [1.82, 2.24) is 30.4 Å². The maximum absolute atomic E-state index is 14.0. The van der Waals surface area contributed by atoms with Crippen LogP contribution in [0.3, 0.4) is 0 Å². The van der Waals surface area contributed by atoms with Gasteiger partial charge in [0.2, 0.25) is 23.6 Å². The van der Waals surface area contributed by atoms with Gasteiger partial charge in [0.1, 0.15) is 18.1 Å². The fraction of sp³-hybridized carbons (Fsp3) is 0.340. The molecule has 5 N–H and O–H groups in total. The van der Waals surface area contributed by atoms with Crippen molar-refractivity contribution in [3.63, 3.8) is 0 Å². The lowest BCUT2D eigenvalue weighted by atomic mass is 10.0. The van der Waals surface area contributed by atoms with E-state index in [9.17, 15) is 24.3 Å². The smallest absolute Gasteiger partial charge is 0.250 e. The molecule has 0 radical (unpaired) electrons. The molecule has 3 heterocycles. The number of likely N-dealkylation sites (tertiary alicyclic amines) is 2. The quantitative estimate of drug-likeness (QED) is 0.0860. The summed E-state index contributed by atoms with van der Waals surface area (Å²) in [7, 11) is 0. The maximum Gasteiger partial charge on any atom is 0.250 e. The molecule has 4 fully saturated rings. The Balaban J connectivity index is 0.808. The van der Waals surface area contributed by atoms with Crippen LogP contribution in [-0.4, -0.2) is 73.9 Å². The van der Waals surface area contributed by atoms with Crippen LogP contribution < -0.4 is 16.0 Å². The van der Waals surface area contributed by atoms with E-state index in [0.717, 1.165) is 84.3 Å². The predicted octanol–water partition coefficient (Wildman–Crippen LogP) is 6.40. The first-order valence-electron chi connectivity index (χ1n) is 21.8. The SMILES string of the molecule is O=C(NC(C(=O)N1CCCC1c1ncc(-c2ccc(C#Cc3ccc(NC(=O)C4CCCN4C(O)C(NC(=O)C4CC4)c4ccccc4)cc3)cc2)[nH]1)c1ccccc1)C1CC1. The van der Waals surface area contributed by atoms with Crippen LogP contribution in [0.5, 0.6) is 0 Å². The third-order valence-corrected chi connectivity index (χ3v) is 12.4. The Bertz CT molecular complexity index is 2450. The molecule has 2 saturated heterocycles. The number of aromatic amines is 1. The second-order valence-corrected chi connectivity index (χ2v) is 16.9. The number of imidazole rings is 1. The Labute approximate surface area is 361 Å². The van der Waals surface area contributed by atoms with Gasteiger partial charge in [-0.15, -0.1) is 0 Å². The standard InChI is InChI=1S/C50H51N7O5/c58-46(37-23-24-37)54-43(35-9-3-1-4-10-35)49(61)56-29-7-13-41(56)45-51-31-40(53-45)34-21-17-32(18-22-34)15-16-33-19-27-39(28-20-33)52-48(60)42-14-8-30-57(42)50(62)44(36-11-5-2-6-12-36)55-47(59)38-25-26-38/h1-6,9-12,17-22,27-28,31,37-38,41-44,50,62H,7-8,13-14,23-26,29-30H2,(H,51,53)(H,52,60)(H,54,58)(H,55,59). The second-order valence-electron chi connectivity index (χ2n) is 16.9. The largest absolute Gasteiger partial charge is 0.376 e. The number of carbonyl (C=O) groups is 4. The first-order chi connectivity index (χ1) is 30.3. The van der Waals surface area contributed by atoms with E-state index in [4.69, 9.17) is 4.98 Å². The van der Waals surface area contributed by atoms with Crippen molar-refractivity contribution in [2.45, 2.75) is 81.8 Å². The van der Waals surface area contributed by atoms with Gasteiger partial charge in [-0.2, -0.15) is 0 Å². The molecule has 9 rings (SSSR count). The number of nitrogens with one attached hydrogen (secondary N) is 4. The molecule has 0 spiro atoms. The van der Waals surface area contributed by atoms with Gasteiger partial charge in [0.05, 0.1) is 30.0 Å². The van der Waals surface area contributed by atoms with Crippen molar-refractivity contribution in [1.29, 1.82) is 0 Å². The molecule has 1 aromatic heterocycles. The summed E-state index contributed by atoms with van der Waals surface area (Å²) in [5, 5.41) is 20.7. The molecular weight excluding hydrogens is 779 g/mol. The summed E-state index contributed by atoms with van der Waals surface area (Å²) in [5.74, 6) is 6.70. The number of nitrogens with zero attached hydrogens (tertiary/aromatic N) is 3. The Morgan fingerprint density at radius 3 is 1.92 bits per heavy atom. The van der Waals surface area contributed by atoms with E-state index in [2.05, 4.69) is 32.8 Å². The average Bonchev–Trinajstić information content (AvgIpc) is 4.18. The van der Waals surface area contributed by atoms with Crippen molar-refractivity contribution >= 4 is 29.3 Å². The molecule has 4 amide bonds. The summed E-state index contributed by atoms with van der Waals surface area (Å²) >= 11 is 0. The molecule has 2 aliphatic carbocycles. The van der Waals surface area contributed by atoms with E-state index in [-0.39, 0.29) is 41.5 Å². The highest BCUT2D eigenvalue weighted by Crippen LogP contribution is 2.36. The summed E-state index contributed by atoms with van der Waals surface area (Å²) in [6, 6.07) is 32.0. The molecule has 2 saturated carbocycles. The highest BCUT2D eigenvalue weighted by atomic mass is 16.3. The fourth-order valence-electron chi connectivity index (χ4n) is 8.60. The lowest BCUT2D eigenvalue weighted by Crippen LogP contribution is -2.51. The molecule has 4 aromatic carbocycles. The van der Waals surface area contributed by atoms with Gasteiger partial charge in [0, 0.05) is 41.7 Å². The Hall–Kier alpha value is -6.55. The summed E-state index contributed by atoms with van der Waals surface area (Å²) in [5.41, 5.74) is 5.61. The van der Waals surface area contributed by atoms with Crippen LogP contribution in [-0.2, 0) is 19.2 Å². The number of H-pyrrole nitrogens is 1. The highest BCUT2D eigenvalue weighted by molar-refractivity contribution is 5.95. The van der Waals surface area contributed by atoms with Gasteiger partial charge in [0.15, 0.2) is 0 Å². The molecule has 12 heteroatoms. The van der Waals surface area contributed by atoms with Crippen molar-refractivity contribution < 1.29 is 24.3 Å². The Kier molecular flexibility index (Phi) is 12.0. The molecule has 12 nitrogen and oxygen atoms in total. The number of anilines is 1. The summed E-state index contributed by atoms with van der Waals surface area (Å²) in [6.45, 7) is 1.14. The predicted molar refractivity (Wildman–Crippen MR) is 235 cm³/mol. The number of amides is 4. The topological polar surface area (TPSA) is 160 Å². The molecule has 5 atom stereocenters. The van der Waals surface area contributed by atoms with Crippen molar-refractivity contribution in [3.05, 3.63) is 143 Å². The Morgan fingerprint density at radius 1 is 0.677 bits per heavy atom. The van der Waals surface area contributed by atoms with E-state index in [1.54, 1.807) is 11.1 Å². The third kappa shape index (κ3) is 9.34. The second kappa shape index (κ2) is 18.2. The average molecular weight is 830 g/mol. The minimum absolute atomic E-state index is 0.00634. The molecule has 0 bridgehead atoms. The normalized spacial score (nSPS) is 20.0. The number of carbonyl (C=O) groups excluding carboxylic acids is 4. The zero-order chi connectivity index (χ0) is 42.6. The number of hydrogen-bond donors (Lipinski definition) is 5. The van der Waals surface area contributed by atoms with Gasteiger partial charge in [0.25, 0.3) is 0 Å². The number of aliphatic hydroxyl groups is 1. The van der Waals surface area contributed by atoms with E-state index in [1.165, 1.54) is 0 Å². The van der Waals surface area contributed by atoms with Crippen LogP contribution in [0.1, 0.15) is 97.6 Å². The van der Waals surface area contributed by atoms with Gasteiger partial charge >= 0.3 is 0 Å². The fourth-order valence-corrected chi connectivity index (χ4v) is 8.60. The van der Waals surface area contributed by atoms with Crippen molar-refractivity contribution in [2.24, 2.45) is 11.8 Å².